The Hall–Kier alpha value is -1.55. The van der Waals surface area contributed by atoms with Crippen LogP contribution < -0.4 is 15.8 Å². The van der Waals surface area contributed by atoms with Gasteiger partial charge in [0.15, 0.2) is 0 Å². The second-order valence-electron chi connectivity index (χ2n) is 5.40. The van der Waals surface area contributed by atoms with Crippen molar-refractivity contribution >= 4 is 5.91 Å². The summed E-state index contributed by atoms with van der Waals surface area (Å²) in [6.45, 7) is 5.55. The summed E-state index contributed by atoms with van der Waals surface area (Å²) in [6, 6.07) is 9.60. The maximum Gasteiger partial charge on any atom is 0.227 e. The molecule has 0 aromatic heterocycles. The molecule has 1 aromatic rings. The van der Waals surface area contributed by atoms with Crippen molar-refractivity contribution in [1.29, 1.82) is 0 Å². The number of carbonyl (C=O) groups excluding carboxylic acids is 1. The number of para-hydroxylation sites is 1. The summed E-state index contributed by atoms with van der Waals surface area (Å²) in [4.78, 5) is 12.4. The minimum absolute atomic E-state index is 0.0605. The predicted octanol–water partition coefficient (Wildman–Crippen LogP) is 2.73. The van der Waals surface area contributed by atoms with E-state index in [1.165, 1.54) is 0 Å². The first-order valence-corrected chi connectivity index (χ1v) is 7.84. The summed E-state index contributed by atoms with van der Waals surface area (Å²) in [5.74, 6) is 0.879. The number of rotatable bonds is 10. The molecule has 0 saturated carbocycles. The van der Waals surface area contributed by atoms with Crippen LogP contribution >= 0.6 is 0 Å². The van der Waals surface area contributed by atoms with E-state index >= 15 is 0 Å². The Morgan fingerprint density at radius 2 is 1.81 bits per heavy atom. The van der Waals surface area contributed by atoms with Gasteiger partial charge in [0, 0.05) is 6.54 Å². The molecule has 0 atom stereocenters. The normalized spacial score (nSPS) is 11.2. The molecule has 0 heterocycles. The lowest BCUT2D eigenvalue weighted by Crippen LogP contribution is -2.47. The van der Waals surface area contributed by atoms with Crippen LogP contribution in [0.25, 0.3) is 0 Å². The molecule has 1 amide bonds. The second kappa shape index (κ2) is 9.40. The van der Waals surface area contributed by atoms with Gasteiger partial charge in [0.25, 0.3) is 0 Å². The van der Waals surface area contributed by atoms with Crippen LogP contribution in [0.4, 0.5) is 0 Å². The molecule has 4 nitrogen and oxygen atoms in total. The highest BCUT2D eigenvalue weighted by Gasteiger charge is 2.34. The summed E-state index contributed by atoms with van der Waals surface area (Å²) in [6.07, 6.45) is 3.60. The van der Waals surface area contributed by atoms with E-state index in [0.717, 1.165) is 31.4 Å². The lowest BCUT2D eigenvalue weighted by atomic mass is 9.78. The maximum absolute atomic E-state index is 12.4. The van der Waals surface area contributed by atoms with E-state index in [9.17, 15) is 4.79 Å². The van der Waals surface area contributed by atoms with Gasteiger partial charge in [-0.2, -0.15) is 0 Å². The Bertz CT molecular complexity index is 401. The first-order valence-electron chi connectivity index (χ1n) is 7.84. The van der Waals surface area contributed by atoms with Gasteiger partial charge in [0.1, 0.15) is 12.4 Å². The fraction of sp³-hybridized carbons (Fsp3) is 0.588. The molecule has 0 saturated heterocycles. The third-order valence-corrected chi connectivity index (χ3v) is 3.73. The lowest BCUT2D eigenvalue weighted by Gasteiger charge is -2.30. The number of nitrogens with two attached hydrogens (primary N) is 1. The number of ether oxygens (including phenoxy) is 1. The van der Waals surface area contributed by atoms with Crippen LogP contribution in [0.3, 0.4) is 0 Å². The number of hydrogen-bond donors (Lipinski definition) is 2. The van der Waals surface area contributed by atoms with Gasteiger partial charge in [-0.1, -0.05) is 44.9 Å². The van der Waals surface area contributed by atoms with Crippen molar-refractivity contribution < 1.29 is 9.53 Å². The Kier molecular flexibility index (Phi) is 7.83. The summed E-state index contributed by atoms with van der Waals surface area (Å²) >= 11 is 0. The van der Waals surface area contributed by atoms with Crippen LogP contribution in [0.1, 0.15) is 39.5 Å². The highest BCUT2D eigenvalue weighted by atomic mass is 16.5. The van der Waals surface area contributed by atoms with Crippen LogP contribution in [0.2, 0.25) is 0 Å². The van der Waals surface area contributed by atoms with Gasteiger partial charge in [-0.05, 0) is 25.0 Å². The maximum atomic E-state index is 12.4. The molecule has 4 heteroatoms. The molecule has 21 heavy (non-hydrogen) atoms. The van der Waals surface area contributed by atoms with Crippen molar-refractivity contribution in [3.63, 3.8) is 0 Å². The molecule has 0 fully saturated rings. The van der Waals surface area contributed by atoms with Crippen LogP contribution in [-0.2, 0) is 4.79 Å². The monoisotopic (exact) mass is 292 g/mol. The molecule has 0 unspecified atom stereocenters. The van der Waals surface area contributed by atoms with Crippen molar-refractivity contribution in [2.75, 3.05) is 19.7 Å². The molecule has 0 aliphatic heterocycles. The molecule has 0 spiro atoms. The van der Waals surface area contributed by atoms with Crippen LogP contribution in [0, 0.1) is 5.41 Å². The topological polar surface area (TPSA) is 64.4 Å². The molecule has 3 N–H and O–H groups in total. The largest absolute Gasteiger partial charge is 0.492 e. The van der Waals surface area contributed by atoms with Gasteiger partial charge in [0.2, 0.25) is 5.91 Å². The zero-order valence-electron chi connectivity index (χ0n) is 13.2. The molecule has 1 aromatic carbocycles. The molecular formula is C17H28N2O2. The molecule has 0 bridgehead atoms. The Morgan fingerprint density at radius 3 is 2.33 bits per heavy atom. The fourth-order valence-corrected chi connectivity index (χ4v) is 2.64. The van der Waals surface area contributed by atoms with Gasteiger partial charge in [-0.15, -0.1) is 0 Å². The number of carbonyl (C=O) groups is 1. The van der Waals surface area contributed by atoms with Crippen molar-refractivity contribution in [2.24, 2.45) is 11.1 Å². The van der Waals surface area contributed by atoms with Gasteiger partial charge in [0.05, 0.1) is 12.0 Å². The smallest absolute Gasteiger partial charge is 0.227 e. The average molecular weight is 292 g/mol. The summed E-state index contributed by atoms with van der Waals surface area (Å²) < 4.78 is 5.58. The molecule has 0 aliphatic carbocycles. The van der Waals surface area contributed by atoms with E-state index in [2.05, 4.69) is 19.2 Å². The van der Waals surface area contributed by atoms with E-state index < -0.39 is 5.41 Å². The minimum atomic E-state index is -0.420. The lowest BCUT2D eigenvalue weighted by molar-refractivity contribution is -0.131. The van der Waals surface area contributed by atoms with E-state index in [0.29, 0.717) is 19.7 Å². The predicted molar refractivity (Wildman–Crippen MR) is 86.3 cm³/mol. The third kappa shape index (κ3) is 5.38. The number of nitrogens with one attached hydrogen (secondary N) is 1. The molecular weight excluding hydrogens is 264 g/mol. The first kappa shape index (κ1) is 17.5. The number of benzene rings is 1. The van der Waals surface area contributed by atoms with Gasteiger partial charge in [-0.3, -0.25) is 4.79 Å². The third-order valence-electron chi connectivity index (χ3n) is 3.73. The van der Waals surface area contributed by atoms with Crippen LogP contribution in [-0.4, -0.2) is 25.6 Å². The minimum Gasteiger partial charge on any atom is -0.492 e. The number of hydrogen-bond acceptors (Lipinski definition) is 3. The second-order valence-corrected chi connectivity index (χ2v) is 5.40. The van der Waals surface area contributed by atoms with E-state index in [4.69, 9.17) is 10.5 Å². The standard InChI is InChI=1S/C17H28N2O2/c1-3-10-17(14-18,11-4-2)16(20)19-12-13-21-15-8-6-5-7-9-15/h5-9H,3-4,10-14,18H2,1-2H3,(H,19,20). The van der Waals surface area contributed by atoms with Gasteiger partial charge < -0.3 is 15.8 Å². The molecule has 1 rings (SSSR count). The van der Waals surface area contributed by atoms with Gasteiger partial charge in [-0.25, -0.2) is 0 Å². The molecule has 118 valence electrons. The zero-order chi connectivity index (χ0) is 15.6. The summed E-state index contributed by atoms with van der Waals surface area (Å²) in [7, 11) is 0. The average Bonchev–Trinajstić information content (AvgIpc) is 2.52. The highest BCUT2D eigenvalue weighted by molar-refractivity contribution is 5.82. The molecule has 0 aliphatic rings. The molecule has 0 radical (unpaired) electrons. The van der Waals surface area contributed by atoms with E-state index in [1.54, 1.807) is 0 Å². The zero-order valence-corrected chi connectivity index (χ0v) is 13.2. The Balaban J connectivity index is 2.43. The van der Waals surface area contributed by atoms with Crippen molar-refractivity contribution in [3.05, 3.63) is 30.3 Å². The van der Waals surface area contributed by atoms with Crippen molar-refractivity contribution in [1.82, 2.24) is 5.32 Å². The van der Waals surface area contributed by atoms with Crippen molar-refractivity contribution in [2.45, 2.75) is 39.5 Å². The SMILES string of the molecule is CCCC(CN)(CCC)C(=O)NCCOc1ccccc1. The van der Waals surface area contributed by atoms with Crippen molar-refractivity contribution in [3.8, 4) is 5.75 Å². The van der Waals surface area contributed by atoms with Crippen LogP contribution in [0.5, 0.6) is 5.75 Å². The Labute approximate surface area is 128 Å². The number of amides is 1. The quantitative estimate of drug-likeness (QED) is 0.652. The van der Waals surface area contributed by atoms with E-state index in [-0.39, 0.29) is 5.91 Å². The first-order chi connectivity index (χ1) is 10.2. The summed E-state index contributed by atoms with van der Waals surface area (Å²) in [5.41, 5.74) is 5.46. The highest BCUT2D eigenvalue weighted by Crippen LogP contribution is 2.28. The van der Waals surface area contributed by atoms with Crippen LogP contribution in [0.15, 0.2) is 30.3 Å². The fourth-order valence-electron chi connectivity index (χ4n) is 2.64. The Morgan fingerprint density at radius 1 is 1.19 bits per heavy atom. The van der Waals surface area contributed by atoms with Gasteiger partial charge >= 0.3 is 0 Å². The van der Waals surface area contributed by atoms with E-state index in [1.807, 2.05) is 30.3 Å². The summed E-state index contributed by atoms with van der Waals surface area (Å²) in [5, 5.41) is 2.97.